The van der Waals surface area contributed by atoms with E-state index in [1.165, 1.54) is 0 Å². The first-order chi connectivity index (χ1) is 7.69. The molecule has 0 saturated carbocycles. The molecule has 0 aliphatic heterocycles. The fourth-order valence-corrected chi connectivity index (χ4v) is 1.52. The highest BCUT2D eigenvalue weighted by Gasteiger charge is 2.16. The Hall–Kier alpha value is -1.76. The number of hydrogen-bond donors (Lipinski definition) is 1. The molecule has 0 aromatic carbocycles. The first kappa shape index (κ1) is 12.3. The lowest BCUT2D eigenvalue weighted by Crippen LogP contribution is -2.30. The van der Waals surface area contributed by atoms with Gasteiger partial charge in [-0.15, -0.1) is 0 Å². The molecule has 0 aliphatic carbocycles. The Morgan fingerprint density at radius 3 is 2.94 bits per heavy atom. The molecule has 1 N–H and O–H groups in total. The van der Waals surface area contributed by atoms with Crippen molar-refractivity contribution in [3.05, 3.63) is 24.0 Å². The number of carbonyl (C=O) groups excluding carboxylic acids is 1. The number of aromatic nitrogens is 1. The van der Waals surface area contributed by atoms with Gasteiger partial charge in [0.25, 0.3) is 0 Å². The van der Waals surface area contributed by atoms with Gasteiger partial charge in [0.2, 0.25) is 5.91 Å². The topological polar surface area (TPSA) is 57.8 Å². The van der Waals surface area contributed by atoms with Gasteiger partial charge in [-0.05, 0) is 18.6 Å². The molecule has 1 unspecified atom stereocenters. The minimum Gasteiger partial charge on any atom is -0.353 e. The molecule has 0 spiro atoms. The lowest BCUT2D eigenvalue weighted by molar-refractivity contribution is -0.123. The van der Waals surface area contributed by atoms with E-state index in [-0.39, 0.29) is 5.91 Å². The van der Waals surface area contributed by atoms with Gasteiger partial charge in [0.05, 0.1) is 12.6 Å². The predicted molar refractivity (Wildman–Crippen MR) is 61.3 cm³/mol. The van der Waals surface area contributed by atoms with Gasteiger partial charge in [0.1, 0.15) is 5.92 Å². The van der Waals surface area contributed by atoms with Crippen molar-refractivity contribution in [2.75, 3.05) is 0 Å². The molecule has 0 fully saturated rings. The number of nitriles is 1. The van der Waals surface area contributed by atoms with Crippen LogP contribution in [-0.2, 0) is 18.4 Å². The summed E-state index contributed by atoms with van der Waals surface area (Å²) in [6.07, 6.45) is 3.39. The van der Waals surface area contributed by atoms with Crippen LogP contribution in [-0.4, -0.2) is 10.5 Å². The summed E-state index contributed by atoms with van der Waals surface area (Å²) < 4.78 is 1.95. The second-order valence-corrected chi connectivity index (χ2v) is 3.80. The van der Waals surface area contributed by atoms with Crippen LogP contribution in [0, 0.1) is 17.2 Å². The number of carbonyl (C=O) groups is 1. The number of nitrogens with one attached hydrogen (secondary N) is 1. The Labute approximate surface area is 95.9 Å². The van der Waals surface area contributed by atoms with Gasteiger partial charge in [0.15, 0.2) is 0 Å². The lowest BCUT2D eigenvalue weighted by Gasteiger charge is -2.09. The fourth-order valence-electron chi connectivity index (χ4n) is 1.52. The molecule has 4 nitrogen and oxygen atoms in total. The molecule has 1 aromatic rings. The van der Waals surface area contributed by atoms with Crippen molar-refractivity contribution in [1.82, 2.24) is 9.88 Å². The maximum Gasteiger partial charge on any atom is 0.237 e. The van der Waals surface area contributed by atoms with Crippen molar-refractivity contribution in [3.63, 3.8) is 0 Å². The van der Waals surface area contributed by atoms with E-state index in [1.54, 1.807) is 0 Å². The molecule has 1 aromatic heterocycles. The highest BCUT2D eigenvalue weighted by molar-refractivity contribution is 5.80. The van der Waals surface area contributed by atoms with E-state index in [4.69, 9.17) is 5.26 Å². The average molecular weight is 219 g/mol. The zero-order valence-electron chi connectivity index (χ0n) is 9.73. The standard InChI is InChI=1S/C12H17N3O/c1-3-5-10(8-13)12(16)14-9-11-6-4-7-15(11)2/h4,6-7,10H,3,5,9H2,1-2H3,(H,14,16). The fraction of sp³-hybridized carbons (Fsp3) is 0.500. The van der Waals surface area contributed by atoms with Crippen molar-refractivity contribution in [3.8, 4) is 6.07 Å². The van der Waals surface area contributed by atoms with Crippen LogP contribution >= 0.6 is 0 Å². The molecule has 1 heterocycles. The van der Waals surface area contributed by atoms with E-state index in [0.717, 1.165) is 12.1 Å². The first-order valence-corrected chi connectivity index (χ1v) is 5.46. The first-order valence-electron chi connectivity index (χ1n) is 5.46. The van der Waals surface area contributed by atoms with Crippen LogP contribution in [0.4, 0.5) is 0 Å². The quantitative estimate of drug-likeness (QED) is 0.817. The summed E-state index contributed by atoms with van der Waals surface area (Å²) in [4.78, 5) is 11.6. The molecule has 0 radical (unpaired) electrons. The molecule has 86 valence electrons. The molecule has 1 rings (SSSR count). The maximum atomic E-state index is 11.6. The highest BCUT2D eigenvalue weighted by Crippen LogP contribution is 2.06. The van der Waals surface area contributed by atoms with Crippen LogP contribution in [0.2, 0.25) is 0 Å². The number of aryl methyl sites for hydroxylation is 1. The molecule has 1 amide bonds. The van der Waals surface area contributed by atoms with Gasteiger partial charge in [-0.25, -0.2) is 0 Å². The Bertz CT molecular complexity index is 389. The van der Waals surface area contributed by atoms with Crippen LogP contribution < -0.4 is 5.32 Å². The highest BCUT2D eigenvalue weighted by atomic mass is 16.1. The summed E-state index contributed by atoms with van der Waals surface area (Å²) in [6, 6.07) is 5.90. The second kappa shape index (κ2) is 5.96. The number of rotatable bonds is 5. The number of nitrogens with zero attached hydrogens (tertiary/aromatic N) is 2. The Balaban J connectivity index is 2.46. The third-order valence-corrected chi connectivity index (χ3v) is 2.54. The Morgan fingerprint density at radius 2 is 2.44 bits per heavy atom. The van der Waals surface area contributed by atoms with Gasteiger partial charge in [0, 0.05) is 18.9 Å². The van der Waals surface area contributed by atoms with E-state index >= 15 is 0 Å². The van der Waals surface area contributed by atoms with Crippen molar-refractivity contribution in [2.24, 2.45) is 13.0 Å². The maximum absolute atomic E-state index is 11.6. The van der Waals surface area contributed by atoms with E-state index in [0.29, 0.717) is 13.0 Å². The van der Waals surface area contributed by atoms with Gasteiger partial charge in [-0.2, -0.15) is 5.26 Å². The van der Waals surface area contributed by atoms with Crippen molar-refractivity contribution < 1.29 is 4.79 Å². The van der Waals surface area contributed by atoms with Crippen molar-refractivity contribution >= 4 is 5.91 Å². The van der Waals surface area contributed by atoms with Gasteiger partial charge < -0.3 is 9.88 Å². The lowest BCUT2D eigenvalue weighted by atomic mass is 10.1. The zero-order chi connectivity index (χ0) is 12.0. The van der Waals surface area contributed by atoms with Crippen LogP contribution in [0.25, 0.3) is 0 Å². The van der Waals surface area contributed by atoms with Gasteiger partial charge >= 0.3 is 0 Å². The number of hydrogen-bond acceptors (Lipinski definition) is 2. The minimum absolute atomic E-state index is 0.175. The molecular weight excluding hydrogens is 202 g/mol. The third kappa shape index (κ3) is 3.13. The van der Waals surface area contributed by atoms with Crippen LogP contribution in [0.3, 0.4) is 0 Å². The second-order valence-electron chi connectivity index (χ2n) is 3.80. The largest absolute Gasteiger partial charge is 0.353 e. The SMILES string of the molecule is CCCC(C#N)C(=O)NCc1cccn1C. The van der Waals surface area contributed by atoms with Gasteiger partial charge in [-0.3, -0.25) is 4.79 Å². The van der Waals surface area contributed by atoms with Gasteiger partial charge in [-0.1, -0.05) is 13.3 Å². The monoisotopic (exact) mass is 219 g/mol. The molecule has 1 atom stereocenters. The molecule has 0 aliphatic rings. The predicted octanol–water partition coefficient (Wildman–Crippen LogP) is 1.58. The molecule has 0 bridgehead atoms. The van der Waals surface area contributed by atoms with Crippen LogP contribution in [0.1, 0.15) is 25.5 Å². The van der Waals surface area contributed by atoms with Crippen molar-refractivity contribution in [2.45, 2.75) is 26.3 Å². The molecule has 16 heavy (non-hydrogen) atoms. The van der Waals surface area contributed by atoms with Crippen LogP contribution in [0.5, 0.6) is 0 Å². The molecule has 4 heteroatoms. The summed E-state index contributed by atoms with van der Waals surface area (Å²) in [6.45, 7) is 2.44. The summed E-state index contributed by atoms with van der Waals surface area (Å²) in [7, 11) is 1.93. The summed E-state index contributed by atoms with van der Waals surface area (Å²) in [5.41, 5.74) is 1.03. The van der Waals surface area contributed by atoms with E-state index in [2.05, 4.69) is 5.32 Å². The summed E-state index contributed by atoms with van der Waals surface area (Å²) >= 11 is 0. The molecular formula is C12H17N3O. The zero-order valence-corrected chi connectivity index (χ0v) is 9.73. The summed E-state index contributed by atoms with van der Waals surface area (Å²) in [5, 5.41) is 11.6. The minimum atomic E-state index is -0.523. The van der Waals surface area contributed by atoms with E-state index in [1.807, 2.05) is 42.9 Å². The normalized spacial score (nSPS) is 11.8. The van der Waals surface area contributed by atoms with E-state index in [9.17, 15) is 4.79 Å². The van der Waals surface area contributed by atoms with Crippen LogP contribution in [0.15, 0.2) is 18.3 Å². The number of amides is 1. The van der Waals surface area contributed by atoms with E-state index < -0.39 is 5.92 Å². The summed E-state index contributed by atoms with van der Waals surface area (Å²) in [5.74, 6) is -0.698. The average Bonchev–Trinajstić information content (AvgIpc) is 2.68. The van der Waals surface area contributed by atoms with Crippen molar-refractivity contribution in [1.29, 1.82) is 5.26 Å². The smallest absolute Gasteiger partial charge is 0.237 e. The molecule has 0 saturated heterocycles. The Kier molecular flexibility index (Phi) is 4.59. The third-order valence-electron chi connectivity index (χ3n) is 2.54. The Morgan fingerprint density at radius 1 is 1.69 bits per heavy atom.